The molecule has 0 radical (unpaired) electrons. The van der Waals surface area contributed by atoms with E-state index in [1.165, 1.54) is 0 Å². The Hall–Kier alpha value is -0.810. The van der Waals surface area contributed by atoms with Gasteiger partial charge in [0, 0.05) is 4.91 Å². The summed E-state index contributed by atoms with van der Waals surface area (Å²) in [4.78, 5) is 2.66. The molecule has 0 aromatic carbocycles. The zero-order valence-corrected chi connectivity index (χ0v) is 6.33. The van der Waals surface area contributed by atoms with E-state index in [-0.39, 0.29) is 12.1 Å². The average molecular weight is 171 g/mol. The predicted octanol–water partition coefficient (Wildman–Crippen LogP) is 0.171. The van der Waals surface area contributed by atoms with Crippen LogP contribution in [0.4, 0.5) is 0 Å². The summed E-state index contributed by atoms with van der Waals surface area (Å²) >= 11 is 0. The Morgan fingerprint density at radius 3 is 3.17 bits per heavy atom. The van der Waals surface area contributed by atoms with Crippen molar-refractivity contribution >= 4 is 0 Å². The Morgan fingerprint density at radius 1 is 1.58 bits per heavy atom. The third-order valence-corrected chi connectivity index (χ3v) is 2.16. The molecule has 6 heteroatoms. The van der Waals surface area contributed by atoms with E-state index in [4.69, 9.17) is 15.0 Å². The van der Waals surface area contributed by atoms with E-state index >= 15 is 0 Å². The maximum absolute atomic E-state index is 9.40. The Morgan fingerprint density at radius 2 is 2.42 bits per heavy atom. The molecule has 1 N–H and O–H groups in total. The van der Waals surface area contributed by atoms with Crippen molar-refractivity contribution in [3.05, 3.63) is 10.4 Å². The molecule has 0 spiro atoms. The van der Waals surface area contributed by atoms with E-state index in [1.807, 2.05) is 0 Å². The van der Waals surface area contributed by atoms with Crippen LogP contribution < -0.4 is 0 Å². The Balaban J connectivity index is 2.11. The van der Waals surface area contributed by atoms with Gasteiger partial charge in [-0.3, -0.25) is 0 Å². The van der Waals surface area contributed by atoms with Crippen LogP contribution >= 0.6 is 0 Å². The van der Waals surface area contributed by atoms with Gasteiger partial charge >= 0.3 is 0 Å². The van der Waals surface area contributed by atoms with Gasteiger partial charge in [0.25, 0.3) is 0 Å². The molecule has 2 aliphatic heterocycles. The van der Waals surface area contributed by atoms with Crippen LogP contribution in [0.5, 0.6) is 0 Å². The molecule has 4 atom stereocenters. The van der Waals surface area contributed by atoms with Gasteiger partial charge in [0.15, 0.2) is 6.29 Å². The molecule has 0 unspecified atom stereocenters. The molecule has 2 rings (SSSR count). The number of aliphatic hydroxyl groups excluding tert-OH is 1. The molecule has 6 nitrogen and oxygen atoms in total. The van der Waals surface area contributed by atoms with Crippen LogP contribution in [0.25, 0.3) is 10.4 Å². The number of rotatable bonds is 1. The van der Waals surface area contributed by atoms with E-state index in [0.717, 1.165) is 0 Å². The summed E-state index contributed by atoms with van der Waals surface area (Å²) in [5, 5.41) is 12.9. The van der Waals surface area contributed by atoms with Gasteiger partial charge in [-0.25, -0.2) is 0 Å². The molecule has 2 saturated heterocycles. The number of fused-ring (bicyclic) bond motifs is 2. The first-order chi connectivity index (χ1) is 5.81. The molecule has 0 aromatic rings. The van der Waals surface area contributed by atoms with Crippen molar-refractivity contribution in [1.82, 2.24) is 0 Å². The minimum Gasteiger partial charge on any atom is -0.390 e. The fourth-order valence-electron chi connectivity index (χ4n) is 1.52. The highest BCUT2D eigenvalue weighted by Gasteiger charge is 2.42. The van der Waals surface area contributed by atoms with E-state index in [2.05, 4.69) is 10.0 Å². The van der Waals surface area contributed by atoms with Gasteiger partial charge in [-0.15, -0.1) is 0 Å². The first kappa shape index (κ1) is 7.82. The number of aliphatic hydroxyl groups is 1. The minimum absolute atomic E-state index is 0.236. The number of azide groups is 1. The van der Waals surface area contributed by atoms with Gasteiger partial charge in [-0.05, 0) is 12.0 Å². The van der Waals surface area contributed by atoms with Crippen molar-refractivity contribution in [3.63, 3.8) is 0 Å². The lowest BCUT2D eigenvalue weighted by molar-refractivity contribution is -0.130. The third-order valence-electron chi connectivity index (χ3n) is 2.16. The van der Waals surface area contributed by atoms with Crippen molar-refractivity contribution in [2.24, 2.45) is 5.11 Å². The largest absolute Gasteiger partial charge is 0.390 e. The number of ether oxygens (including phenoxy) is 2. The second kappa shape index (κ2) is 2.91. The number of hydrogen-bond donors (Lipinski definition) is 1. The van der Waals surface area contributed by atoms with E-state index < -0.39 is 12.4 Å². The molecular formula is C6H9N3O3. The van der Waals surface area contributed by atoms with Crippen LogP contribution in [0.2, 0.25) is 0 Å². The van der Waals surface area contributed by atoms with Crippen molar-refractivity contribution in [3.8, 4) is 0 Å². The average Bonchev–Trinajstić information content (AvgIpc) is 2.46. The smallest absolute Gasteiger partial charge is 0.166 e. The van der Waals surface area contributed by atoms with E-state index in [0.29, 0.717) is 13.0 Å². The maximum atomic E-state index is 9.40. The quantitative estimate of drug-likeness (QED) is 0.346. The number of hydrogen-bond acceptors (Lipinski definition) is 4. The van der Waals surface area contributed by atoms with Gasteiger partial charge < -0.3 is 14.6 Å². The molecule has 12 heavy (non-hydrogen) atoms. The fraction of sp³-hybridized carbons (Fsp3) is 1.00. The molecule has 2 bridgehead atoms. The zero-order chi connectivity index (χ0) is 8.55. The fourth-order valence-corrected chi connectivity index (χ4v) is 1.52. The summed E-state index contributed by atoms with van der Waals surface area (Å²) in [6.45, 7) is 0.392. The normalized spacial score (nSPS) is 45.4. The lowest BCUT2D eigenvalue weighted by Crippen LogP contribution is -2.40. The van der Waals surface area contributed by atoms with Gasteiger partial charge in [0.2, 0.25) is 0 Å². The van der Waals surface area contributed by atoms with Crippen LogP contribution in [-0.4, -0.2) is 36.3 Å². The zero-order valence-electron chi connectivity index (χ0n) is 6.33. The van der Waals surface area contributed by atoms with Crippen molar-refractivity contribution in [2.75, 3.05) is 6.61 Å². The topological polar surface area (TPSA) is 87.5 Å². The van der Waals surface area contributed by atoms with Crippen LogP contribution in [0.15, 0.2) is 5.11 Å². The second-order valence-corrected chi connectivity index (χ2v) is 2.95. The molecule has 0 saturated carbocycles. The van der Waals surface area contributed by atoms with Crippen LogP contribution in [0.3, 0.4) is 0 Å². The molecular weight excluding hydrogens is 162 g/mol. The highest BCUT2D eigenvalue weighted by atomic mass is 16.7. The molecule has 2 heterocycles. The highest BCUT2D eigenvalue weighted by Crippen LogP contribution is 2.29. The lowest BCUT2D eigenvalue weighted by Gasteiger charge is -2.27. The molecule has 0 aliphatic carbocycles. The van der Waals surface area contributed by atoms with Crippen LogP contribution in [-0.2, 0) is 9.47 Å². The third kappa shape index (κ3) is 1.15. The van der Waals surface area contributed by atoms with Gasteiger partial charge in [0.1, 0.15) is 6.10 Å². The van der Waals surface area contributed by atoms with Crippen molar-refractivity contribution < 1.29 is 14.6 Å². The Kier molecular flexibility index (Phi) is 1.90. The van der Waals surface area contributed by atoms with Crippen molar-refractivity contribution in [2.45, 2.75) is 31.0 Å². The standard InChI is InChI=1S/C6H9N3O3/c7-9-8-3-1-4(10)5-2-11-6(3)12-5/h3-6,10H,1-2H2/t3-,4-,5-,6-/m1/s1. The van der Waals surface area contributed by atoms with E-state index in [1.54, 1.807) is 0 Å². The molecule has 0 aromatic heterocycles. The monoisotopic (exact) mass is 171 g/mol. The second-order valence-electron chi connectivity index (χ2n) is 2.95. The molecule has 2 aliphatic rings. The van der Waals surface area contributed by atoms with Gasteiger partial charge in [-0.1, -0.05) is 5.11 Å². The lowest BCUT2D eigenvalue weighted by atomic mass is 10.0. The minimum atomic E-state index is -0.570. The molecule has 0 amide bonds. The Labute approximate surface area is 68.7 Å². The summed E-state index contributed by atoms with van der Waals surface area (Å²) in [6.07, 6.45) is -0.826. The van der Waals surface area contributed by atoms with Crippen molar-refractivity contribution in [1.29, 1.82) is 0 Å². The predicted molar refractivity (Wildman–Crippen MR) is 38.2 cm³/mol. The first-order valence-electron chi connectivity index (χ1n) is 3.80. The number of nitrogens with zero attached hydrogens (tertiary/aromatic N) is 3. The first-order valence-corrected chi connectivity index (χ1v) is 3.80. The van der Waals surface area contributed by atoms with Gasteiger partial charge in [-0.2, -0.15) is 0 Å². The van der Waals surface area contributed by atoms with Crippen LogP contribution in [0, 0.1) is 0 Å². The molecule has 2 fully saturated rings. The summed E-state index contributed by atoms with van der Waals surface area (Å²) < 4.78 is 10.4. The maximum Gasteiger partial charge on any atom is 0.166 e. The van der Waals surface area contributed by atoms with Gasteiger partial charge in [0.05, 0.1) is 18.8 Å². The van der Waals surface area contributed by atoms with Crippen LogP contribution in [0.1, 0.15) is 6.42 Å². The summed E-state index contributed by atoms with van der Waals surface area (Å²) in [5.41, 5.74) is 8.20. The Bertz CT molecular complexity index is 228. The van der Waals surface area contributed by atoms with E-state index in [9.17, 15) is 5.11 Å². The summed E-state index contributed by atoms with van der Waals surface area (Å²) in [5.74, 6) is 0. The SMILES string of the molecule is [N-]=[N+]=N[C@@H]1C[C@@H](O)[C@H]2CO[C@@H]1O2. The highest BCUT2D eigenvalue weighted by molar-refractivity contribution is 4.89. The molecule has 66 valence electrons. The summed E-state index contributed by atoms with van der Waals surface area (Å²) in [6, 6.07) is -0.385. The summed E-state index contributed by atoms with van der Waals surface area (Å²) in [7, 11) is 0.